The lowest BCUT2D eigenvalue weighted by Gasteiger charge is -2.12. The van der Waals surface area contributed by atoms with Crippen LogP contribution in [0.2, 0.25) is 5.15 Å². The van der Waals surface area contributed by atoms with Crippen molar-refractivity contribution in [3.05, 3.63) is 76.2 Å². The Labute approximate surface area is 188 Å². The van der Waals surface area contributed by atoms with Gasteiger partial charge in [-0.05, 0) is 41.8 Å². The standard InChI is InChI=1S/C22H20ClN3O2S2/c23-21-8-5-16(12-25-21)19(27)13-24-9-10-28-17-6-3-15(4-7-17)18-14-30-22(26-18)20-2-1-11-29-20/h1-8,11-12,14,19,24,27H,9-10,13H2/t19-/m0/s1. The molecule has 0 amide bonds. The van der Waals surface area contributed by atoms with Gasteiger partial charge in [0, 0.05) is 35.8 Å². The first-order valence-electron chi connectivity index (χ1n) is 9.42. The van der Waals surface area contributed by atoms with Crippen LogP contribution < -0.4 is 10.1 Å². The average Bonchev–Trinajstić information content (AvgIpc) is 3.46. The van der Waals surface area contributed by atoms with Gasteiger partial charge in [-0.25, -0.2) is 9.97 Å². The van der Waals surface area contributed by atoms with E-state index in [1.165, 1.54) is 4.88 Å². The van der Waals surface area contributed by atoms with Gasteiger partial charge in [0.15, 0.2) is 0 Å². The molecule has 0 saturated carbocycles. The molecule has 3 aromatic heterocycles. The van der Waals surface area contributed by atoms with E-state index in [9.17, 15) is 5.11 Å². The molecule has 30 heavy (non-hydrogen) atoms. The molecule has 0 aliphatic carbocycles. The van der Waals surface area contributed by atoms with Crippen LogP contribution >= 0.6 is 34.3 Å². The molecule has 154 valence electrons. The monoisotopic (exact) mass is 457 g/mol. The molecule has 0 fully saturated rings. The fourth-order valence-electron chi connectivity index (χ4n) is 2.82. The van der Waals surface area contributed by atoms with Crippen molar-refractivity contribution in [2.24, 2.45) is 0 Å². The van der Waals surface area contributed by atoms with Crippen LogP contribution in [0.4, 0.5) is 0 Å². The van der Waals surface area contributed by atoms with Gasteiger partial charge in [0.05, 0.1) is 16.7 Å². The number of aromatic nitrogens is 2. The number of aliphatic hydroxyl groups excluding tert-OH is 1. The third-order valence-corrected chi connectivity index (χ3v) is 6.51. The molecule has 5 nitrogen and oxygen atoms in total. The molecule has 8 heteroatoms. The predicted molar refractivity (Wildman–Crippen MR) is 123 cm³/mol. The molecule has 3 heterocycles. The topological polar surface area (TPSA) is 67.3 Å². The van der Waals surface area contributed by atoms with Gasteiger partial charge in [0.2, 0.25) is 0 Å². The summed E-state index contributed by atoms with van der Waals surface area (Å²) < 4.78 is 5.77. The van der Waals surface area contributed by atoms with Crippen LogP contribution in [0, 0.1) is 0 Å². The second-order valence-corrected chi connectivity index (χ2v) is 8.72. The Morgan fingerprint density at radius 2 is 1.97 bits per heavy atom. The summed E-state index contributed by atoms with van der Waals surface area (Å²) in [5.74, 6) is 0.803. The van der Waals surface area contributed by atoms with Gasteiger partial charge in [0.1, 0.15) is 22.5 Å². The molecule has 4 aromatic rings. The summed E-state index contributed by atoms with van der Waals surface area (Å²) in [5.41, 5.74) is 2.77. The normalized spacial score (nSPS) is 12.1. The average molecular weight is 458 g/mol. The number of hydrogen-bond donors (Lipinski definition) is 2. The van der Waals surface area contributed by atoms with Crippen LogP contribution in [0.1, 0.15) is 11.7 Å². The number of nitrogens with zero attached hydrogens (tertiary/aromatic N) is 2. The van der Waals surface area contributed by atoms with E-state index < -0.39 is 6.10 Å². The molecule has 0 spiro atoms. The van der Waals surface area contributed by atoms with Gasteiger partial charge in [-0.15, -0.1) is 22.7 Å². The minimum absolute atomic E-state index is 0.413. The van der Waals surface area contributed by atoms with Crippen molar-refractivity contribution in [1.82, 2.24) is 15.3 Å². The quantitative estimate of drug-likeness (QED) is 0.264. The highest BCUT2D eigenvalue weighted by atomic mass is 35.5. The highest BCUT2D eigenvalue weighted by Crippen LogP contribution is 2.32. The molecule has 0 aliphatic rings. The van der Waals surface area contributed by atoms with E-state index in [0.29, 0.717) is 24.8 Å². The molecule has 0 aliphatic heterocycles. The zero-order valence-electron chi connectivity index (χ0n) is 16.0. The molecule has 2 N–H and O–H groups in total. The van der Waals surface area contributed by atoms with Gasteiger partial charge in [-0.3, -0.25) is 0 Å². The molecule has 4 rings (SSSR count). The van der Waals surface area contributed by atoms with E-state index >= 15 is 0 Å². The van der Waals surface area contributed by atoms with Crippen molar-refractivity contribution in [2.45, 2.75) is 6.10 Å². The maximum atomic E-state index is 10.1. The Bertz CT molecular complexity index is 1050. The van der Waals surface area contributed by atoms with Gasteiger partial charge < -0.3 is 15.2 Å². The summed E-state index contributed by atoms with van der Waals surface area (Å²) in [5, 5.41) is 18.9. The minimum atomic E-state index is -0.633. The van der Waals surface area contributed by atoms with Gasteiger partial charge in [-0.2, -0.15) is 0 Å². The summed E-state index contributed by atoms with van der Waals surface area (Å²) in [6, 6.07) is 15.5. The van der Waals surface area contributed by atoms with Crippen LogP contribution in [0.5, 0.6) is 5.75 Å². The van der Waals surface area contributed by atoms with E-state index in [1.807, 2.05) is 30.3 Å². The largest absolute Gasteiger partial charge is 0.492 e. The summed E-state index contributed by atoms with van der Waals surface area (Å²) in [6.45, 7) is 1.54. The van der Waals surface area contributed by atoms with Crippen molar-refractivity contribution in [1.29, 1.82) is 0 Å². The summed E-state index contributed by atoms with van der Waals surface area (Å²) in [7, 11) is 0. The number of ether oxygens (including phenoxy) is 1. The van der Waals surface area contributed by atoms with E-state index in [-0.39, 0.29) is 0 Å². The van der Waals surface area contributed by atoms with Crippen LogP contribution in [0.25, 0.3) is 21.1 Å². The second kappa shape index (κ2) is 10.1. The molecule has 1 aromatic carbocycles. The predicted octanol–water partition coefficient (Wildman–Crippen LogP) is 5.29. The molecule has 0 saturated heterocycles. The number of benzene rings is 1. The van der Waals surface area contributed by atoms with E-state index in [2.05, 4.69) is 27.1 Å². The Morgan fingerprint density at radius 3 is 2.70 bits per heavy atom. The number of halogens is 1. The number of thiophene rings is 1. The zero-order valence-corrected chi connectivity index (χ0v) is 18.4. The van der Waals surface area contributed by atoms with Crippen molar-refractivity contribution >= 4 is 34.3 Å². The zero-order chi connectivity index (χ0) is 20.8. The Balaban J connectivity index is 1.22. The number of aliphatic hydroxyl groups is 1. The number of rotatable bonds is 9. The lowest BCUT2D eigenvalue weighted by molar-refractivity contribution is 0.171. The minimum Gasteiger partial charge on any atom is -0.492 e. The first-order chi connectivity index (χ1) is 14.7. The van der Waals surface area contributed by atoms with Crippen LogP contribution in [-0.2, 0) is 0 Å². The Hall–Kier alpha value is -2.29. The summed E-state index contributed by atoms with van der Waals surface area (Å²) in [4.78, 5) is 9.90. The van der Waals surface area contributed by atoms with Gasteiger partial charge >= 0.3 is 0 Å². The number of pyridine rings is 1. The molecule has 0 radical (unpaired) electrons. The number of thiazole rings is 1. The molecular formula is C22H20ClN3O2S2. The lowest BCUT2D eigenvalue weighted by Crippen LogP contribution is -2.26. The number of hydrogen-bond acceptors (Lipinski definition) is 7. The smallest absolute Gasteiger partial charge is 0.134 e. The van der Waals surface area contributed by atoms with E-state index in [0.717, 1.165) is 27.6 Å². The van der Waals surface area contributed by atoms with Crippen molar-refractivity contribution in [3.8, 4) is 26.9 Å². The third kappa shape index (κ3) is 5.44. The molecule has 1 atom stereocenters. The Kier molecular flexibility index (Phi) is 7.09. The molecule has 0 bridgehead atoms. The summed E-state index contributed by atoms with van der Waals surface area (Å²) in [6.07, 6.45) is 0.949. The van der Waals surface area contributed by atoms with Crippen molar-refractivity contribution in [3.63, 3.8) is 0 Å². The molecular weight excluding hydrogens is 438 g/mol. The van der Waals surface area contributed by atoms with Gasteiger partial charge in [0.25, 0.3) is 0 Å². The highest BCUT2D eigenvalue weighted by Gasteiger charge is 2.09. The Morgan fingerprint density at radius 1 is 1.10 bits per heavy atom. The third-order valence-electron chi connectivity index (χ3n) is 4.41. The van der Waals surface area contributed by atoms with Crippen LogP contribution in [0.15, 0.2) is 65.5 Å². The lowest BCUT2D eigenvalue weighted by atomic mass is 10.1. The second-order valence-electron chi connectivity index (χ2n) is 6.52. The first kappa shape index (κ1) is 21.0. The maximum Gasteiger partial charge on any atom is 0.134 e. The fourth-order valence-corrected chi connectivity index (χ4v) is 4.58. The van der Waals surface area contributed by atoms with Crippen molar-refractivity contribution in [2.75, 3.05) is 19.7 Å². The van der Waals surface area contributed by atoms with Crippen molar-refractivity contribution < 1.29 is 9.84 Å². The number of nitrogens with one attached hydrogen (secondary N) is 1. The van der Waals surface area contributed by atoms with Crippen LogP contribution in [0.3, 0.4) is 0 Å². The van der Waals surface area contributed by atoms with E-state index in [1.54, 1.807) is 41.0 Å². The van der Waals surface area contributed by atoms with Gasteiger partial charge in [-0.1, -0.05) is 23.7 Å². The summed E-state index contributed by atoms with van der Waals surface area (Å²) >= 11 is 9.11. The SMILES string of the molecule is O[C@@H](CNCCOc1ccc(-c2csc(-c3cccs3)n2)cc1)c1ccc(Cl)nc1. The maximum absolute atomic E-state index is 10.1. The highest BCUT2D eigenvalue weighted by molar-refractivity contribution is 7.20. The molecule has 0 unspecified atom stereocenters. The fraction of sp³-hybridized carbons (Fsp3) is 0.182. The van der Waals surface area contributed by atoms with Crippen LogP contribution in [-0.4, -0.2) is 34.8 Å². The van der Waals surface area contributed by atoms with E-state index in [4.69, 9.17) is 21.3 Å². The first-order valence-corrected chi connectivity index (χ1v) is 11.6.